The summed E-state index contributed by atoms with van der Waals surface area (Å²) < 4.78 is 10.5. The Balaban J connectivity index is 1.34. The second-order valence-electron chi connectivity index (χ2n) is 7.97. The smallest absolute Gasteiger partial charge is 0.251 e. The summed E-state index contributed by atoms with van der Waals surface area (Å²) in [5.74, 6) is 1.59. The summed E-state index contributed by atoms with van der Waals surface area (Å²) in [4.78, 5) is 12.5. The summed E-state index contributed by atoms with van der Waals surface area (Å²) in [6.07, 6.45) is 2.29. The third kappa shape index (κ3) is 5.00. The van der Waals surface area contributed by atoms with Gasteiger partial charge in [0, 0.05) is 35.8 Å². The van der Waals surface area contributed by atoms with Crippen LogP contribution < -0.4 is 20.1 Å². The molecule has 0 aromatic heterocycles. The Morgan fingerprint density at radius 3 is 2.26 bits per heavy atom. The molecule has 0 saturated heterocycles. The number of ether oxygens (including phenoxy) is 2. The van der Waals surface area contributed by atoms with Gasteiger partial charge in [0.1, 0.15) is 11.5 Å². The lowest BCUT2D eigenvalue weighted by Crippen LogP contribution is -2.23. The molecule has 4 rings (SSSR count). The molecule has 3 aromatic rings. The number of amides is 1. The molecule has 3 aromatic carbocycles. The van der Waals surface area contributed by atoms with Crippen LogP contribution in [0.1, 0.15) is 34.3 Å². The van der Waals surface area contributed by atoms with Crippen LogP contribution in [0.5, 0.6) is 11.5 Å². The van der Waals surface area contributed by atoms with Gasteiger partial charge in [0.2, 0.25) is 0 Å². The van der Waals surface area contributed by atoms with Crippen molar-refractivity contribution in [2.75, 3.05) is 26.1 Å². The third-order valence-electron chi connectivity index (χ3n) is 5.93. The van der Waals surface area contributed by atoms with E-state index in [0.717, 1.165) is 42.1 Å². The first-order valence-corrected chi connectivity index (χ1v) is 10.5. The summed E-state index contributed by atoms with van der Waals surface area (Å²) in [5, 5.41) is 6.52. The van der Waals surface area contributed by atoms with Crippen molar-refractivity contribution >= 4 is 11.6 Å². The van der Waals surface area contributed by atoms with Gasteiger partial charge in [-0.2, -0.15) is 0 Å². The number of rotatable bonds is 9. The third-order valence-corrected chi connectivity index (χ3v) is 5.93. The first kappa shape index (κ1) is 20.8. The molecule has 1 aliphatic rings. The van der Waals surface area contributed by atoms with E-state index in [-0.39, 0.29) is 11.3 Å². The Hall–Kier alpha value is -3.47. The Morgan fingerprint density at radius 2 is 1.61 bits per heavy atom. The van der Waals surface area contributed by atoms with Crippen LogP contribution in [0.25, 0.3) is 0 Å². The van der Waals surface area contributed by atoms with Gasteiger partial charge in [-0.15, -0.1) is 0 Å². The van der Waals surface area contributed by atoms with Crippen LogP contribution in [0.2, 0.25) is 0 Å². The van der Waals surface area contributed by atoms with E-state index in [4.69, 9.17) is 9.47 Å². The van der Waals surface area contributed by atoms with E-state index in [2.05, 4.69) is 28.8 Å². The molecular formula is C26H28N2O3. The minimum Gasteiger partial charge on any atom is -0.497 e. The molecule has 31 heavy (non-hydrogen) atoms. The number of carbonyl (C=O) groups excluding carboxylic acids is 1. The van der Waals surface area contributed by atoms with Crippen LogP contribution in [-0.2, 0) is 12.0 Å². The van der Waals surface area contributed by atoms with Gasteiger partial charge >= 0.3 is 0 Å². The van der Waals surface area contributed by atoms with Crippen molar-refractivity contribution in [1.29, 1.82) is 0 Å². The zero-order chi connectivity index (χ0) is 21.7. The Bertz CT molecular complexity index is 1030. The van der Waals surface area contributed by atoms with Gasteiger partial charge in [-0.25, -0.2) is 0 Å². The molecule has 1 aliphatic carbocycles. The Morgan fingerprint density at radius 1 is 0.903 bits per heavy atom. The lowest BCUT2D eigenvalue weighted by atomic mass is 9.94. The number of hydrogen-bond donors (Lipinski definition) is 2. The molecule has 2 N–H and O–H groups in total. The van der Waals surface area contributed by atoms with Crippen LogP contribution in [0.15, 0.2) is 72.8 Å². The van der Waals surface area contributed by atoms with Crippen LogP contribution in [0.4, 0.5) is 5.69 Å². The standard InChI is InChI=1S/C26H28N2O3/c1-30-23-12-6-19(7-13-23)17-27-25(29)20-8-10-21(11-9-20)26(14-15-26)18-28-22-4-3-5-24(16-22)31-2/h3-13,16,28H,14-15,17-18H2,1-2H3,(H,27,29). The highest BCUT2D eigenvalue weighted by Crippen LogP contribution is 2.48. The molecule has 1 saturated carbocycles. The van der Waals surface area contributed by atoms with Gasteiger partial charge in [0.05, 0.1) is 14.2 Å². The van der Waals surface area contributed by atoms with E-state index >= 15 is 0 Å². The van der Waals surface area contributed by atoms with Crippen LogP contribution in [-0.4, -0.2) is 26.7 Å². The molecule has 0 spiro atoms. The van der Waals surface area contributed by atoms with E-state index in [1.54, 1.807) is 14.2 Å². The maximum Gasteiger partial charge on any atom is 0.251 e. The normalized spacial score (nSPS) is 13.9. The van der Waals surface area contributed by atoms with Gasteiger partial charge in [-0.05, 0) is 60.4 Å². The number of nitrogens with one attached hydrogen (secondary N) is 2. The minimum absolute atomic E-state index is 0.0679. The van der Waals surface area contributed by atoms with Crippen molar-refractivity contribution in [3.05, 3.63) is 89.5 Å². The molecule has 160 valence electrons. The number of carbonyl (C=O) groups is 1. The first-order chi connectivity index (χ1) is 15.1. The van der Waals surface area contributed by atoms with Gasteiger partial charge in [0.25, 0.3) is 5.91 Å². The van der Waals surface area contributed by atoms with Crippen molar-refractivity contribution in [3.63, 3.8) is 0 Å². The Kier molecular flexibility index (Phi) is 6.12. The molecule has 0 radical (unpaired) electrons. The summed E-state index contributed by atoms with van der Waals surface area (Å²) in [6.45, 7) is 1.35. The minimum atomic E-state index is -0.0679. The van der Waals surface area contributed by atoms with Crippen molar-refractivity contribution in [2.24, 2.45) is 0 Å². The van der Waals surface area contributed by atoms with Gasteiger partial charge in [-0.3, -0.25) is 4.79 Å². The number of anilines is 1. The summed E-state index contributed by atoms with van der Waals surface area (Å²) >= 11 is 0. The quantitative estimate of drug-likeness (QED) is 0.527. The highest BCUT2D eigenvalue weighted by Gasteiger charge is 2.43. The van der Waals surface area contributed by atoms with E-state index in [0.29, 0.717) is 12.1 Å². The van der Waals surface area contributed by atoms with Gasteiger partial charge in [-0.1, -0.05) is 30.3 Å². The monoisotopic (exact) mass is 416 g/mol. The molecule has 5 heteroatoms. The van der Waals surface area contributed by atoms with Crippen molar-refractivity contribution in [1.82, 2.24) is 5.32 Å². The topological polar surface area (TPSA) is 59.6 Å². The molecule has 0 aliphatic heterocycles. The van der Waals surface area contributed by atoms with Crippen molar-refractivity contribution in [2.45, 2.75) is 24.8 Å². The summed E-state index contributed by atoms with van der Waals surface area (Å²) in [5.41, 5.74) is 4.18. The fourth-order valence-electron chi connectivity index (χ4n) is 3.73. The van der Waals surface area contributed by atoms with E-state index in [1.807, 2.05) is 54.6 Å². The molecule has 1 fully saturated rings. The average Bonchev–Trinajstić information content (AvgIpc) is 3.63. The number of hydrogen-bond acceptors (Lipinski definition) is 4. The lowest BCUT2D eigenvalue weighted by molar-refractivity contribution is 0.0951. The lowest BCUT2D eigenvalue weighted by Gasteiger charge is -2.18. The van der Waals surface area contributed by atoms with E-state index in [1.165, 1.54) is 5.56 Å². The summed E-state index contributed by atoms with van der Waals surface area (Å²) in [7, 11) is 3.32. The predicted molar refractivity (Wildman–Crippen MR) is 123 cm³/mol. The molecule has 5 nitrogen and oxygen atoms in total. The largest absolute Gasteiger partial charge is 0.497 e. The van der Waals surface area contributed by atoms with Crippen LogP contribution in [0, 0.1) is 0 Å². The van der Waals surface area contributed by atoms with E-state index in [9.17, 15) is 4.79 Å². The highest BCUT2D eigenvalue weighted by atomic mass is 16.5. The highest BCUT2D eigenvalue weighted by molar-refractivity contribution is 5.94. The maximum atomic E-state index is 12.5. The van der Waals surface area contributed by atoms with Crippen molar-refractivity contribution < 1.29 is 14.3 Å². The predicted octanol–water partition coefficient (Wildman–Crippen LogP) is 4.78. The second kappa shape index (κ2) is 9.13. The average molecular weight is 417 g/mol. The Labute approximate surface area is 183 Å². The molecule has 1 amide bonds. The second-order valence-corrected chi connectivity index (χ2v) is 7.97. The molecule has 0 atom stereocenters. The van der Waals surface area contributed by atoms with Gasteiger partial charge < -0.3 is 20.1 Å². The fraction of sp³-hybridized carbons (Fsp3) is 0.269. The SMILES string of the molecule is COc1ccc(CNC(=O)c2ccc(C3(CNc4cccc(OC)c4)CC3)cc2)cc1. The zero-order valence-electron chi connectivity index (χ0n) is 18.0. The van der Waals surface area contributed by atoms with Crippen LogP contribution >= 0.6 is 0 Å². The molecule has 0 bridgehead atoms. The number of methoxy groups -OCH3 is 2. The van der Waals surface area contributed by atoms with Gasteiger partial charge in [0.15, 0.2) is 0 Å². The molecule has 0 unspecified atom stereocenters. The molecule has 0 heterocycles. The van der Waals surface area contributed by atoms with Crippen LogP contribution in [0.3, 0.4) is 0 Å². The zero-order valence-corrected chi connectivity index (χ0v) is 18.0. The summed E-state index contributed by atoms with van der Waals surface area (Å²) in [6, 6.07) is 23.7. The first-order valence-electron chi connectivity index (χ1n) is 10.5. The molecular weight excluding hydrogens is 388 g/mol. The number of benzene rings is 3. The van der Waals surface area contributed by atoms with Crippen molar-refractivity contribution in [3.8, 4) is 11.5 Å². The van der Waals surface area contributed by atoms with E-state index < -0.39 is 0 Å². The maximum absolute atomic E-state index is 12.5. The fourth-order valence-corrected chi connectivity index (χ4v) is 3.73.